The molecule has 1 aromatic carbocycles. The minimum atomic E-state index is -0.683. The van der Waals surface area contributed by atoms with Crippen LogP contribution in [-0.2, 0) is 17.9 Å². The molecule has 3 aromatic heterocycles. The Morgan fingerprint density at radius 2 is 2.17 bits per heavy atom. The summed E-state index contributed by atoms with van der Waals surface area (Å²) < 4.78 is 7.05. The van der Waals surface area contributed by atoms with Gasteiger partial charge in [0.15, 0.2) is 0 Å². The van der Waals surface area contributed by atoms with Crippen LogP contribution in [0.15, 0.2) is 64.4 Å². The molecule has 1 unspecified atom stereocenters. The Balaban J connectivity index is 1.30. The van der Waals surface area contributed by atoms with Crippen molar-refractivity contribution < 1.29 is 14.3 Å². The third-order valence-corrected chi connectivity index (χ3v) is 6.26. The van der Waals surface area contributed by atoms with Gasteiger partial charge >= 0.3 is 0 Å². The highest BCUT2D eigenvalue weighted by Crippen LogP contribution is 2.31. The summed E-state index contributed by atoms with van der Waals surface area (Å²) in [4.78, 5) is 20.0. The molecule has 4 heterocycles. The van der Waals surface area contributed by atoms with Crippen LogP contribution in [0.3, 0.4) is 0 Å². The molecule has 1 atom stereocenters. The number of pyridine rings is 1. The van der Waals surface area contributed by atoms with E-state index >= 15 is 0 Å². The van der Waals surface area contributed by atoms with E-state index in [1.54, 1.807) is 39.6 Å². The van der Waals surface area contributed by atoms with Crippen molar-refractivity contribution in [3.63, 3.8) is 0 Å². The third-order valence-electron chi connectivity index (χ3n) is 5.11. The largest absolute Gasteiger partial charge is 0.446 e. The number of carbonyl (C=O) groups is 1. The average Bonchev–Trinajstić information content (AvgIpc) is 3.44. The van der Waals surface area contributed by atoms with Gasteiger partial charge in [-0.25, -0.2) is 9.07 Å². The molecule has 0 bridgehead atoms. The number of nitrogens with zero attached hydrogens (tertiary/aromatic N) is 4. The maximum absolute atomic E-state index is 13.0. The Labute approximate surface area is 181 Å². The standard InChI is InChI=1S/C21H17ClN4O3S/c22-18-4-2-1-3-16(18)17(12-27)21(28)25-9-14-10-26(24-19(14)11-25)30-15-7-13-5-6-29-20(13)23-8-15/h1-8,10,17,27H,9,11-12H2. The predicted molar refractivity (Wildman–Crippen MR) is 113 cm³/mol. The lowest BCUT2D eigenvalue weighted by atomic mass is 9.98. The first-order chi connectivity index (χ1) is 14.6. The number of fused-ring (bicyclic) bond motifs is 2. The van der Waals surface area contributed by atoms with Crippen molar-refractivity contribution in [2.75, 3.05) is 6.61 Å². The van der Waals surface area contributed by atoms with Gasteiger partial charge in [0.25, 0.3) is 0 Å². The second-order valence-corrected chi connectivity index (χ2v) is 8.47. The van der Waals surface area contributed by atoms with Crippen molar-refractivity contribution in [1.29, 1.82) is 0 Å². The topological polar surface area (TPSA) is 84.4 Å². The van der Waals surface area contributed by atoms with Gasteiger partial charge in [0.1, 0.15) is 0 Å². The highest BCUT2D eigenvalue weighted by molar-refractivity contribution is 7.97. The van der Waals surface area contributed by atoms with Gasteiger partial charge in [0.05, 0.1) is 31.0 Å². The van der Waals surface area contributed by atoms with Crippen LogP contribution in [0.2, 0.25) is 5.02 Å². The van der Waals surface area contributed by atoms with Crippen molar-refractivity contribution in [3.05, 3.63) is 76.9 Å². The Morgan fingerprint density at radius 3 is 2.97 bits per heavy atom. The summed E-state index contributed by atoms with van der Waals surface area (Å²) in [5, 5.41) is 15.9. The van der Waals surface area contributed by atoms with Crippen LogP contribution in [0.4, 0.5) is 0 Å². The highest BCUT2D eigenvalue weighted by atomic mass is 35.5. The fourth-order valence-electron chi connectivity index (χ4n) is 3.61. The lowest BCUT2D eigenvalue weighted by molar-refractivity contribution is -0.134. The van der Waals surface area contributed by atoms with Gasteiger partial charge in [-0.3, -0.25) is 4.79 Å². The number of aliphatic hydroxyl groups is 1. The third kappa shape index (κ3) is 3.47. The summed E-state index contributed by atoms with van der Waals surface area (Å²) >= 11 is 7.68. The predicted octanol–water partition coefficient (Wildman–Crippen LogP) is 3.85. The van der Waals surface area contributed by atoms with Crippen LogP contribution in [0.5, 0.6) is 0 Å². The first kappa shape index (κ1) is 19.2. The Kier molecular flexibility index (Phi) is 4.98. The van der Waals surface area contributed by atoms with E-state index in [0.29, 0.717) is 29.4 Å². The molecule has 30 heavy (non-hydrogen) atoms. The number of aliphatic hydroxyl groups excluding tert-OH is 1. The molecule has 7 nitrogen and oxygen atoms in total. The quantitative estimate of drug-likeness (QED) is 0.507. The Morgan fingerprint density at radius 1 is 1.30 bits per heavy atom. The van der Waals surface area contributed by atoms with Crippen LogP contribution >= 0.6 is 23.5 Å². The molecule has 0 radical (unpaired) electrons. The van der Waals surface area contributed by atoms with Crippen molar-refractivity contribution in [2.24, 2.45) is 0 Å². The lowest BCUT2D eigenvalue weighted by Crippen LogP contribution is -2.33. The van der Waals surface area contributed by atoms with Crippen LogP contribution < -0.4 is 0 Å². The average molecular weight is 441 g/mol. The van der Waals surface area contributed by atoms with Gasteiger partial charge in [-0.15, -0.1) is 0 Å². The van der Waals surface area contributed by atoms with Crippen LogP contribution in [0, 0.1) is 0 Å². The SMILES string of the molecule is O=C(C(CO)c1ccccc1Cl)N1Cc2cn(Sc3cnc4occc4c3)nc2C1. The van der Waals surface area contributed by atoms with Crippen LogP contribution in [-0.4, -0.2) is 36.7 Å². The van der Waals surface area contributed by atoms with Gasteiger partial charge in [-0.2, -0.15) is 5.10 Å². The Hall–Kier alpha value is -2.81. The van der Waals surface area contributed by atoms with Gasteiger partial charge in [-0.05, 0) is 23.8 Å². The minimum absolute atomic E-state index is 0.155. The summed E-state index contributed by atoms with van der Waals surface area (Å²) in [5.41, 5.74) is 3.08. The highest BCUT2D eigenvalue weighted by Gasteiger charge is 2.32. The molecule has 0 fully saturated rings. The fourth-order valence-corrected chi connectivity index (χ4v) is 4.70. The molecular formula is C21H17ClN4O3S. The number of hydrogen-bond donors (Lipinski definition) is 1. The van der Waals surface area contributed by atoms with Crippen molar-refractivity contribution in [1.82, 2.24) is 19.1 Å². The van der Waals surface area contributed by atoms with Crippen LogP contribution in [0.1, 0.15) is 22.7 Å². The smallest absolute Gasteiger partial charge is 0.233 e. The zero-order chi connectivity index (χ0) is 20.7. The van der Waals surface area contributed by atoms with E-state index in [2.05, 4.69) is 10.1 Å². The normalized spacial score (nSPS) is 14.3. The summed E-state index contributed by atoms with van der Waals surface area (Å²) in [6.07, 6.45) is 5.29. The lowest BCUT2D eigenvalue weighted by Gasteiger charge is -2.22. The fraction of sp³-hybridized carbons (Fsp3) is 0.190. The molecule has 152 valence electrons. The maximum Gasteiger partial charge on any atom is 0.233 e. The number of hydrogen-bond acceptors (Lipinski definition) is 6. The van der Waals surface area contributed by atoms with Crippen molar-refractivity contribution in [2.45, 2.75) is 23.9 Å². The van der Waals surface area contributed by atoms with Gasteiger partial charge in [0.2, 0.25) is 11.6 Å². The number of carbonyl (C=O) groups excluding carboxylic acids is 1. The number of aromatic nitrogens is 3. The molecule has 0 aliphatic carbocycles. The number of amides is 1. The molecule has 1 N–H and O–H groups in total. The van der Waals surface area contributed by atoms with Crippen LogP contribution in [0.25, 0.3) is 11.1 Å². The second-order valence-electron chi connectivity index (χ2n) is 7.03. The molecule has 5 rings (SSSR count). The van der Waals surface area contributed by atoms with E-state index in [4.69, 9.17) is 16.0 Å². The molecular weight excluding hydrogens is 424 g/mol. The second kappa shape index (κ2) is 7.79. The zero-order valence-corrected chi connectivity index (χ0v) is 17.3. The number of benzene rings is 1. The monoisotopic (exact) mass is 440 g/mol. The molecule has 1 amide bonds. The summed E-state index contributed by atoms with van der Waals surface area (Å²) in [6.45, 7) is 0.562. The van der Waals surface area contributed by atoms with Gasteiger partial charge < -0.3 is 14.4 Å². The van der Waals surface area contributed by atoms with E-state index in [1.165, 1.54) is 11.9 Å². The molecule has 0 saturated carbocycles. The van der Waals surface area contributed by atoms with E-state index in [1.807, 2.05) is 24.4 Å². The first-order valence-corrected chi connectivity index (χ1v) is 10.5. The van der Waals surface area contributed by atoms with E-state index < -0.39 is 5.92 Å². The van der Waals surface area contributed by atoms with Crippen molar-refractivity contribution >= 4 is 40.6 Å². The number of furan rings is 1. The van der Waals surface area contributed by atoms with Gasteiger partial charge in [0, 0.05) is 51.8 Å². The minimum Gasteiger partial charge on any atom is -0.446 e. The molecule has 1 aliphatic heterocycles. The van der Waals surface area contributed by atoms with E-state index in [9.17, 15) is 9.90 Å². The molecule has 0 saturated heterocycles. The first-order valence-electron chi connectivity index (χ1n) is 9.35. The maximum atomic E-state index is 13.0. The summed E-state index contributed by atoms with van der Waals surface area (Å²) in [6, 6.07) is 11.0. The van der Waals surface area contributed by atoms with E-state index in [-0.39, 0.29) is 12.5 Å². The summed E-state index contributed by atoms with van der Waals surface area (Å²) in [7, 11) is 0. The molecule has 9 heteroatoms. The zero-order valence-electron chi connectivity index (χ0n) is 15.7. The number of rotatable bonds is 5. The van der Waals surface area contributed by atoms with E-state index in [0.717, 1.165) is 21.5 Å². The van der Waals surface area contributed by atoms with Gasteiger partial charge in [-0.1, -0.05) is 29.8 Å². The Bertz CT molecular complexity index is 1210. The molecule has 1 aliphatic rings. The number of halogens is 1. The summed E-state index contributed by atoms with van der Waals surface area (Å²) in [5.74, 6) is -0.839. The molecule has 4 aromatic rings. The van der Waals surface area contributed by atoms with Crippen molar-refractivity contribution in [3.8, 4) is 0 Å². The molecule has 0 spiro atoms.